The van der Waals surface area contributed by atoms with E-state index in [1.807, 2.05) is 16.8 Å². The highest BCUT2D eigenvalue weighted by Gasteiger charge is 2.31. The summed E-state index contributed by atoms with van der Waals surface area (Å²) in [4.78, 5) is 4.16. The van der Waals surface area contributed by atoms with Crippen LogP contribution >= 0.6 is 0 Å². The Morgan fingerprint density at radius 1 is 0.680 bits per heavy atom. The van der Waals surface area contributed by atoms with Gasteiger partial charge in [-0.3, -0.25) is 0 Å². The van der Waals surface area contributed by atoms with Crippen LogP contribution in [0.3, 0.4) is 0 Å². The second-order valence-corrected chi connectivity index (χ2v) is 6.22. The largest absolute Gasteiger partial charge is 0.238 e. The lowest BCUT2D eigenvalue weighted by atomic mass is 9.84. The number of hydrogen-bond donors (Lipinski definition) is 0. The van der Waals surface area contributed by atoms with E-state index in [-0.39, 0.29) is 0 Å². The first-order chi connectivity index (χ1) is 12.3. The molecule has 3 heteroatoms. The van der Waals surface area contributed by atoms with Gasteiger partial charge in [-0.1, -0.05) is 84.9 Å². The van der Waals surface area contributed by atoms with E-state index in [2.05, 4.69) is 89.8 Å². The number of rotatable bonds is 4. The summed E-state index contributed by atoms with van der Waals surface area (Å²) in [6, 6.07) is 29.5. The van der Waals surface area contributed by atoms with E-state index in [1.54, 1.807) is 12.7 Å². The first kappa shape index (κ1) is 15.3. The van der Waals surface area contributed by atoms with Gasteiger partial charge in [-0.05, 0) is 29.2 Å². The van der Waals surface area contributed by atoms with Crippen molar-refractivity contribution in [2.45, 2.75) is 12.5 Å². The standard InChI is InChI=1S/C22H19N3/c1-22(25-17-23-16-24-25,20-10-6-3-7-11-20)21-14-12-19(13-15-21)18-8-4-2-5-9-18/h2-17H,1H3. The minimum atomic E-state index is -0.410. The molecule has 1 atom stereocenters. The van der Waals surface area contributed by atoms with Gasteiger partial charge in [-0.25, -0.2) is 9.67 Å². The highest BCUT2D eigenvalue weighted by atomic mass is 15.4. The lowest BCUT2D eigenvalue weighted by Crippen LogP contribution is -2.33. The molecule has 4 aromatic rings. The third-order valence-corrected chi connectivity index (χ3v) is 4.77. The van der Waals surface area contributed by atoms with E-state index in [4.69, 9.17) is 0 Å². The molecular formula is C22H19N3. The SMILES string of the molecule is CC(c1ccccc1)(c1ccc(-c2ccccc2)cc1)n1cncn1. The molecule has 0 saturated carbocycles. The van der Waals surface area contributed by atoms with Gasteiger partial charge < -0.3 is 0 Å². The van der Waals surface area contributed by atoms with Gasteiger partial charge in [0.2, 0.25) is 0 Å². The molecule has 0 fully saturated rings. The zero-order valence-electron chi connectivity index (χ0n) is 14.1. The van der Waals surface area contributed by atoms with Crippen LogP contribution in [0.4, 0.5) is 0 Å². The Morgan fingerprint density at radius 3 is 1.84 bits per heavy atom. The van der Waals surface area contributed by atoms with Gasteiger partial charge in [0.15, 0.2) is 0 Å². The molecule has 0 amide bonds. The van der Waals surface area contributed by atoms with Crippen LogP contribution in [0.15, 0.2) is 97.6 Å². The smallest absolute Gasteiger partial charge is 0.137 e. The summed E-state index contributed by atoms with van der Waals surface area (Å²) < 4.78 is 1.92. The second kappa shape index (κ2) is 6.36. The van der Waals surface area contributed by atoms with Crippen LogP contribution in [0.5, 0.6) is 0 Å². The third kappa shape index (κ3) is 2.74. The minimum absolute atomic E-state index is 0.410. The first-order valence-electron chi connectivity index (χ1n) is 8.35. The molecule has 1 heterocycles. The molecule has 0 aliphatic heterocycles. The molecular weight excluding hydrogens is 306 g/mol. The number of benzene rings is 3. The maximum absolute atomic E-state index is 4.43. The molecule has 0 aliphatic rings. The van der Waals surface area contributed by atoms with Crippen molar-refractivity contribution < 1.29 is 0 Å². The molecule has 0 radical (unpaired) electrons. The fraction of sp³-hybridized carbons (Fsp3) is 0.0909. The lowest BCUT2D eigenvalue weighted by molar-refractivity contribution is 0.424. The summed E-state index contributed by atoms with van der Waals surface area (Å²) in [5.41, 5.74) is 4.36. The molecule has 4 rings (SSSR count). The van der Waals surface area contributed by atoms with E-state index < -0.39 is 5.54 Å². The van der Waals surface area contributed by atoms with E-state index in [0.717, 1.165) is 0 Å². The van der Waals surface area contributed by atoms with Crippen LogP contribution in [-0.4, -0.2) is 14.8 Å². The fourth-order valence-electron chi connectivity index (χ4n) is 3.25. The summed E-state index contributed by atoms with van der Waals surface area (Å²) in [5.74, 6) is 0. The van der Waals surface area contributed by atoms with Gasteiger partial charge in [0.25, 0.3) is 0 Å². The van der Waals surface area contributed by atoms with Gasteiger partial charge in [-0.15, -0.1) is 0 Å². The molecule has 25 heavy (non-hydrogen) atoms. The molecule has 1 unspecified atom stereocenters. The van der Waals surface area contributed by atoms with Crippen LogP contribution in [0.25, 0.3) is 11.1 Å². The van der Waals surface area contributed by atoms with Gasteiger partial charge in [0.05, 0.1) is 0 Å². The number of aromatic nitrogens is 3. The van der Waals surface area contributed by atoms with Crippen molar-refractivity contribution in [1.29, 1.82) is 0 Å². The van der Waals surface area contributed by atoms with E-state index in [0.29, 0.717) is 0 Å². The van der Waals surface area contributed by atoms with Crippen LogP contribution in [0, 0.1) is 0 Å². The highest BCUT2D eigenvalue weighted by molar-refractivity contribution is 5.64. The average molecular weight is 325 g/mol. The van der Waals surface area contributed by atoms with Gasteiger partial charge in [0.1, 0.15) is 18.2 Å². The maximum atomic E-state index is 4.43. The molecule has 0 spiro atoms. The third-order valence-electron chi connectivity index (χ3n) is 4.77. The maximum Gasteiger partial charge on any atom is 0.137 e. The van der Waals surface area contributed by atoms with Crippen LogP contribution in [0.2, 0.25) is 0 Å². The fourth-order valence-corrected chi connectivity index (χ4v) is 3.25. The second-order valence-electron chi connectivity index (χ2n) is 6.22. The van der Waals surface area contributed by atoms with Gasteiger partial charge >= 0.3 is 0 Å². The Balaban J connectivity index is 1.81. The highest BCUT2D eigenvalue weighted by Crippen LogP contribution is 2.34. The predicted molar refractivity (Wildman–Crippen MR) is 100 cm³/mol. The normalized spacial score (nSPS) is 13.3. The van der Waals surface area contributed by atoms with Gasteiger partial charge in [0, 0.05) is 0 Å². The topological polar surface area (TPSA) is 30.7 Å². The van der Waals surface area contributed by atoms with E-state index >= 15 is 0 Å². The van der Waals surface area contributed by atoms with Crippen molar-refractivity contribution in [3.05, 3.63) is 109 Å². The van der Waals surface area contributed by atoms with Crippen LogP contribution < -0.4 is 0 Å². The summed E-state index contributed by atoms with van der Waals surface area (Å²) in [6.07, 6.45) is 3.36. The Kier molecular flexibility index (Phi) is 3.90. The molecule has 3 aromatic carbocycles. The van der Waals surface area contributed by atoms with Crippen molar-refractivity contribution in [3.8, 4) is 11.1 Å². The van der Waals surface area contributed by atoms with E-state index in [1.165, 1.54) is 22.3 Å². The van der Waals surface area contributed by atoms with Crippen LogP contribution in [0.1, 0.15) is 18.1 Å². The predicted octanol–water partition coefficient (Wildman–Crippen LogP) is 4.76. The van der Waals surface area contributed by atoms with Crippen molar-refractivity contribution in [1.82, 2.24) is 14.8 Å². The minimum Gasteiger partial charge on any atom is -0.238 e. The summed E-state index contributed by atoms with van der Waals surface area (Å²) in [6.45, 7) is 2.18. The monoisotopic (exact) mass is 325 g/mol. The zero-order valence-corrected chi connectivity index (χ0v) is 14.1. The van der Waals surface area contributed by atoms with Crippen molar-refractivity contribution >= 4 is 0 Å². The average Bonchev–Trinajstić information content (AvgIpc) is 3.24. The first-order valence-corrected chi connectivity index (χ1v) is 8.35. The number of nitrogens with zero attached hydrogens (tertiary/aromatic N) is 3. The molecule has 1 aromatic heterocycles. The molecule has 0 saturated heterocycles. The Bertz CT molecular complexity index is 930. The quantitative estimate of drug-likeness (QED) is 0.542. The van der Waals surface area contributed by atoms with Crippen LogP contribution in [-0.2, 0) is 5.54 Å². The summed E-state index contributed by atoms with van der Waals surface area (Å²) in [5, 5.41) is 4.43. The molecule has 3 nitrogen and oxygen atoms in total. The number of hydrogen-bond acceptors (Lipinski definition) is 2. The molecule has 0 aliphatic carbocycles. The molecule has 0 N–H and O–H groups in total. The Labute approximate surface area is 147 Å². The molecule has 122 valence electrons. The van der Waals surface area contributed by atoms with Gasteiger partial charge in [-0.2, -0.15) is 5.10 Å². The summed E-state index contributed by atoms with van der Waals surface area (Å²) in [7, 11) is 0. The lowest BCUT2D eigenvalue weighted by Gasteiger charge is -2.31. The van der Waals surface area contributed by atoms with Crippen molar-refractivity contribution in [3.63, 3.8) is 0 Å². The molecule has 0 bridgehead atoms. The van der Waals surface area contributed by atoms with E-state index in [9.17, 15) is 0 Å². The zero-order chi connectivity index (χ0) is 17.1. The Hall–Kier alpha value is -3.20. The van der Waals surface area contributed by atoms with Crippen molar-refractivity contribution in [2.75, 3.05) is 0 Å². The van der Waals surface area contributed by atoms with Crippen molar-refractivity contribution in [2.24, 2.45) is 0 Å². The summed E-state index contributed by atoms with van der Waals surface area (Å²) >= 11 is 0. The Morgan fingerprint density at radius 2 is 1.24 bits per heavy atom.